The van der Waals surface area contributed by atoms with Gasteiger partial charge in [0.15, 0.2) is 5.82 Å². The van der Waals surface area contributed by atoms with Crippen LogP contribution in [0.5, 0.6) is 5.75 Å². The van der Waals surface area contributed by atoms with E-state index < -0.39 is 22.7 Å². The number of benzene rings is 3. The molecular weight excluding hydrogens is 583 g/mol. The third kappa shape index (κ3) is 7.04. The van der Waals surface area contributed by atoms with Gasteiger partial charge in [0.05, 0.1) is 35.4 Å². The van der Waals surface area contributed by atoms with Gasteiger partial charge < -0.3 is 24.5 Å². The number of hydrogen-bond acceptors (Lipinski definition) is 7. The first-order valence-corrected chi connectivity index (χ1v) is 14.4. The summed E-state index contributed by atoms with van der Waals surface area (Å²) < 4.78 is 79.9. The highest BCUT2D eigenvalue weighted by Crippen LogP contribution is 2.32. The van der Waals surface area contributed by atoms with Crippen LogP contribution in [0.2, 0.25) is 0 Å². The van der Waals surface area contributed by atoms with Gasteiger partial charge in [-0.2, -0.15) is 13.2 Å². The van der Waals surface area contributed by atoms with Gasteiger partial charge in [-0.15, -0.1) is 0 Å². The van der Waals surface area contributed by atoms with Gasteiger partial charge in [0.2, 0.25) is 0 Å². The number of ether oxygens (including phenoxy) is 1. The predicted octanol–water partition coefficient (Wildman–Crippen LogP) is 6.52. The molecule has 222 valence electrons. The maximum Gasteiger partial charge on any atom is 0.406 e. The minimum Gasteiger partial charge on any atom is -0.495 e. The van der Waals surface area contributed by atoms with Gasteiger partial charge in [0, 0.05) is 28.9 Å². The van der Waals surface area contributed by atoms with E-state index in [9.17, 15) is 21.6 Å². The van der Waals surface area contributed by atoms with Crippen LogP contribution < -0.4 is 20.1 Å². The fraction of sp³-hybridized carbons (Fsp3) is 0.167. The Bertz CT molecular complexity index is 1920. The minimum absolute atomic E-state index is 0.0415. The second kappa shape index (κ2) is 12.0. The van der Waals surface area contributed by atoms with E-state index >= 15 is 0 Å². The van der Waals surface area contributed by atoms with Gasteiger partial charge in [-0.05, 0) is 55.3 Å². The number of methoxy groups -OCH3 is 1. The molecule has 9 nitrogen and oxygen atoms in total. The van der Waals surface area contributed by atoms with E-state index in [1.807, 2.05) is 30.3 Å². The average Bonchev–Trinajstić information content (AvgIpc) is 3.53. The van der Waals surface area contributed by atoms with Crippen molar-refractivity contribution in [2.45, 2.75) is 24.5 Å². The first kappa shape index (κ1) is 29.4. The van der Waals surface area contributed by atoms with E-state index in [-0.39, 0.29) is 28.7 Å². The Labute approximate surface area is 245 Å². The molecule has 5 rings (SSSR count). The van der Waals surface area contributed by atoms with Gasteiger partial charge in [0.25, 0.3) is 10.0 Å². The largest absolute Gasteiger partial charge is 0.495 e. The molecule has 0 bridgehead atoms. The fourth-order valence-electron chi connectivity index (χ4n) is 4.39. The van der Waals surface area contributed by atoms with Crippen LogP contribution in [0.15, 0.2) is 88.3 Å². The van der Waals surface area contributed by atoms with Gasteiger partial charge >= 0.3 is 6.18 Å². The number of anilines is 4. The summed E-state index contributed by atoms with van der Waals surface area (Å²) in [5.41, 5.74) is 2.48. The van der Waals surface area contributed by atoms with Crippen molar-refractivity contribution in [1.82, 2.24) is 9.72 Å². The van der Waals surface area contributed by atoms with Crippen molar-refractivity contribution in [3.05, 3.63) is 90.3 Å². The summed E-state index contributed by atoms with van der Waals surface area (Å²) in [6, 6.07) is 21.7. The Morgan fingerprint density at radius 1 is 1.00 bits per heavy atom. The molecule has 0 amide bonds. The lowest BCUT2D eigenvalue weighted by molar-refractivity contribution is -0.140. The number of alkyl halides is 3. The Kier molecular flexibility index (Phi) is 8.22. The number of hydrogen-bond donors (Lipinski definition) is 3. The smallest absolute Gasteiger partial charge is 0.406 e. The Morgan fingerprint density at radius 3 is 2.49 bits per heavy atom. The number of halogens is 3. The zero-order valence-corrected chi connectivity index (χ0v) is 23.8. The molecule has 0 spiro atoms. The highest BCUT2D eigenvalue weighted by Gasteiger charge is 2.30. The quantitative estimate of drug-likeness (QED) is 0.163. The number of sulfonamides is 1. The SMILES string of the molecule is COc1cc(S(=O)(=O)Nc2cc(C)on2)ccc1NCC#Cc1cc2c(Nc3ccccc3)cccc2n1CC(F)(F)F. The molecule has 3 N–H and O–H groups in total. The zero-order valence-electron chi connectivity index (χ0n) is 23.0. The van der Waals surface area contributed by atoms with E-state index in [0.717, 1.165) is 10.3 Å². The summed E-state index contributed by atoms with van der Waals surface area (Å²) in [5, 5.41) is 10.5. The predicted molar refractivity (Wildman–Crippen MR) is 158 cm³/mol. The maximum absolute atomic E-state index is 13.5. The summed E-state index contributed by atoms with van der Waals surface area (Å²) >= 11 is 0. The molecule has 0 radical (unpaired) electrons. The van der Waals surface area contributed by atoms with Crippen LogP contribution in [0.1, 0.15) is 11.5 Å². The third-order valence-corrected chi connectivity index (χ3v) is 7.62. The molecule has 2 aromatic heterocycles. The lowest BCUT2D eigenvalue weighted by Crippen LogP contribution is -2.18. The molecule has 0 atom stereocenters. The number of aryl methyl sites for hydroxylation is 1. The van der Waals surface area contributed by atoms with Crippen LogP contribution in [0, 0.1) is 18.8 Å². The first-order valence-electron chi connectivity index (χ1n) is 12.9. The standard InChI is InChI=1S/C30H26F3N5O4S/c1-20-16-29(36-42-20)37-43(39,40)23-13-14-26(28(18-23)41-2)34-15-7-10-22-17-24-25(35-21-8-4-3-5-9-21)11-6-12-27(24)38(22)19-30(31,32)33/h3-6,8-9,11-14,16-18,34-35H,15,19H2,1-2H3,(H,36,37). The van der Waals surface area contributed by atoms with Crippen LogP contribution in [-0.2, 0) is 16.6 Å². The van der Waals surface area contributed by atoms with Gasteiger partial charge in [-0.25, -0.2) is 8.42 Å². The molecule has 2 heterocycles. The van der Waals surface area contributed by atoms with Crippen molar-refractivity contribution in [1.29, 1.82) is 0 Å². The van der Waals surface area contributed by atoms with Crippen molar-refractivity contribution >= 4 is 43.8 Å². The number of rotatable bonds is 9. The third-order valence-electron chi connectivity index (χ3n) is 6.27. The molecule has 5 aromatic rings. The minimum atomic E-state index is -4.46. The molecule has 0 saturated heterocycles. The summed E-state index contributed by atoms with van der Waals surface area (Å²) in [4.78, 5) is -0.0711. The van der Waals surface area contributed by atoms with Gasteiger partial charge in [0.1, 0.15) is 18.1 Å². The summed E-state index contributed by atoms with van der Waals surface area (Å²) in [5.74, 6) is 6.42. The second-order valence-electron chi connectivity index (χ2n) is 9.41. The molecule has 3 aromatic carbocycles. The number of nitrogens with zero attached hydrogens (tertiary/aromatic N) is 2. The molecule has 0 aliphatic carbocycles. The molecule has 43 heavy (non-hydrogen) atoms. The lowest BCUT2D eigenvalue weighted by atomic mass is 10.2. The van der Waals surface area contributed by atoms with Crippen LogP contribution >= 0.6 is 0 Å². The molecule has 0 fully saturated rings. The van der Waals surface area contributed by atoms with E-state index in [1.54, 1.807) is 31.2 Å². The highest BCUT2D eigenvalue weighted by molar-refractivity contribution is 7.92. The lowest BCUT2D eigenvalue weighted by Gasteiger charge is -2.12. The monoisotopic (exact) mass is 609 g/mol. The topological polar surface area (TPSA) is 110 Å². The molecule has 13 heteroatoms. The maximum atomic E-state index is 13.5. The van der Waals surface area contributed by atoms with Crippen LogP contribution in [0.4, 0.5) is 36.1 Å². The van der Waals surface area contributed by atoms with Crippen molar-refractivity contribution in [3.63, 3.8) is 0 Å². The van der Waals surface area contributed by atoms with Crippen molar-refractivity contribution in [2.24, 2.45) is 0 Å². The average molecular weight is 610 g/mol. The molecule has 0 unspecified atom stereocenters. The Hall–Kier alpha value is -5.09. The fourth-order valence-corrected chi connectivity index (χ4v) is 5.39. The number of aromatic nitrogens is 2. The number of para-hydroxylation sites is 1. The molecule has 0 aliphatic heterocycles. The first-order chi connectivity index (χ1) is 20.5. The van der Waals surface area contributed by atoms with Gasteiger partial charge in [-0.3, -0.25) is 4.72 Å². The summed E-state index contributed by atoms with van der Waals surface area (Å²) in [7, 11) is -2.59. The van der Waals surface area contributed by atoms with Crippen LogP contribution in [0.25, 0.3) is 10.9 Å². The molecule has 0 saturated carbocycles. The molecule has 0 aliphatic rings. The van der Waals surface area contributed by atoms with Crippen LogP contribution in [-0.4, -0.2) is 38.0 Å². The van der Waals surface area contributed by atoms with Crippen molar-refractivity contribution in [3.8, 4) is 17.6 Å². The van der Waals surface area contributed by atoms with E-state index in [4.69, 9.17) is 9.26 Å². The Balaban J connectivity index is 1.37. The second-order valence-corrected chi connectivity index (χ2v) is 11.1. The van der Waals surface area contributed by atoms with Crippen molar-refractivity contribution < 1.29 is 30.8 Å². The highest BCUT2D eigenvalue weighted by atomic mass is 32.2. The Morgan fingerprint density at radius 2 is 1.79 bits per heavy atom. The van der Waals surface area contributed by atoms with E-state index in [1.165, 1.54) is 31.4 Å². The van der Waals surface area contributed by atoms with E-state index in [2.05, 4.69) is 32.4 Å². The van der Waals surface area contributed by atoms with Gasteiger partial charge in [-0.1, -0.05) is 35.3 Å². The number of nitrogens with one attached hydrogen (secondary N) is 3. The number of fused-ring (bicyclic) bond motifs is 1. The summed E-state index contributed by atoms with van der Waals surface area (Å²) in [6.45, 7) is 0.476. The zero-order chi connectivity index (χ0) is 30.6. The molecular formula is C30H26F3N5O4S. The summed E-state index contributed by atoms with van der Waals surface area (Å²) in [6.07, 6.45) is -4.46. The van der Waals surface area contributed by atoms with Crippen LogP contribution in [0.3, 0.4) is 0 Å². The normalized spacial score (nSPS) is 11.6. The van der Waals surface area contributed by atoms with E-state index in [0.29, 0.717) is 28.0 Å². The van der Waals surface area contributed by atoms with Crippen molar-refractivity contribution in [2.75, 3.05) is 29.0 Å².